The van der Waals surface area contributed by atoms with Gasteiger partial charge in [0.15, 0.2) is 0 Å². The minimum Gasteiger partial charge on any atom is -0.444 e. The van der Waals surface area contributed by atoms with Crippen molar-refractivity contribution in [2.24, 2.45) is 0 Å². The van der Waals surface area contributed by atoms with Gasteiger partial charge < -0.3 is 25.4 Å². The second-order valence-electron chi connectivity index (χ2n) is 6.39. The van der Waals surface area contributed by atoms with Gasteiger partial charge in [0.05, 0.1) is 24.0 Å². The number of rotatable bonds is 7. The van der Waals surface area contributed by atoms with Crippen LogP contribution in [0.15, 0.2) is 16.9 Å². The van der Waals surface area contributed by atoms with Crippen LogP contribution in [0.4, 0.5) is 16.2 Å². The van der Waals surface area contributed by atoms with Gasteiger partial charge in [0, 0.05) is 26.4 Å². The Kier molecular flexibility index (Phi) is 7.75. The normalized spacial score (nSPS) is 12.6. The van der Waals surface area contributed by atoms with Crippen molar-refractivity contribution in [3.05, 3.63) is 16.9 Å². The first-order chi connectivity index (χ1) is 11.1. The molecule has 0 aliphatic heterocycles. The average Bonchev–Trinajstić information content (AvgIpc) is 2.44. The van der Waals surface area contributed by atoms with Gasteiger partial charge in [0.1, 0.15) is 10.2 Å². The average molecular weight is 403 g/mol. The Bertz CT molecular complexity index is 528. The molecule has 0 radical (unpaired) electrons. The van der Waals surface area contributed by atoms with Crippen LogP contribution in [-0.2, 0) is 9.47 Å². The molecule has 0 saturated heterocycles. The number of carbonyl (C=O) groups is 1. The highest BCUT2D eigenvalue weighted by Gasteiger charge is 2.22. The number of carbonyl (C=O) groups excluding carboxylic acids is 1. The predicted molar refractivity (Wildman–Crippen MR) is 99.1 cm³/mol. The second-order valence-corrected chi connectivity index (χ2v) is 7.14. The van der Waals surface area contributed by atoms with Gasteiger partial charge in [-0.1, -0.05) is 0 Å². The molecule has 136 valence electrons. The van der Waals surface area contributed by atoms with Gasteiger partial charge in [-0.3, -0.25) is 0 Å². The summed E-state index contributed by atoms with van der Waals surface area (Å²) in [7, 11) is 1.69. The number of nitrogens with one attached hydrogen (secondary N) is 1. The van der Waals surface area contributed by atoms with Gasteiger partial charge in [0.25, 0.3) is 0 Å². The number of amides is 1. The van der Waals surface area contributed by atoms with E-state index in [2.05, 4.69) is 26.2 Å². The zero-order valence-electron chi connectivity index (χ0n) is 14.9. The van der Waals surface area contributed by atoms with Crippen molar-refractivity contribution in [2.75, 3.05) is 37.8 Å². The number of pyridine rings is 1. The standard InChI is InChI=1S/C16H27BrN4O3/c1-6-23-11(10-21(5)15(22)24-16(2,3)4)9-20-13-12(18)7-8-19-14(13)17/h7-8,11,20H,6,9-10H2,1-5H3,(H2,18,19)/t11-/m1/s1. The molecule has 0 bridgehead atoms. The molecule has 1 atom stereocenters. The van der Waals surface area contributed by atoms with Crippen molar-refractivity contribution in [3.8, 4) is 0 Å². The maximum absolute atomic E-state index is 12.1. The third-order valence-corrected chi connectivity index (χ3v) is 3.63. The molecule has 0 spiro atoms. The van der Waals surface area contributed by atoms with Crippen LogP contribution >= 0.6 is 15.9 Å². The van der Waals surface area contributed by atoms with Crippen molar-refractivity contribution < 1.29 is 14.3 Å². The van der Waals surface area contributed by atoms with Gasteiger partial charge in [-0.2, -0.15) is 0 Å². The monoisotopic (exact) mass is 402 g/mol. The summed E-state index contributed by atoms with van der Waals surface area (Å²) in [5.41, 5.74) is 6.72. The number of anilines is 2. The van der Waals surface area contributed by atoms with Crippen LogP contribution in [0, 0.1) is 0 Å². The maximum Gasteiger partial charge on any atom is 0.410 e. The number of aromatic nitrogens is 1. The molecular formula is C16H27BrN4O3. The maximum atomic E-state index is 12.1. The first-order valence-corrected chi connectivity index (χ1v) is 8.63. The highest BCUT2D eigenvalue weighted by atomic mass is 79.9. The Morgan fingerprint density at radius 1 is 1.50 bits per heavy atom. The van der Waals surface area contributed by atoms with E-state index >= 15 is 0 Å². The van der Waals surface area contributed by atoms with Gasteiger partial charge in [-0.15, -0.1) is 0 Å². The van der Waals surface area contributed by atoms with E-state index in [1.807, 2.05) is 27.7 Å². The van der Waals surface area contributed by atoms with E-state index in [1.165, 1.54) is 4.90 Å². The molecule has 7 nitrogen and oxygen atoms in total. The van der Waals surface area contributed by atoms with Crippen LogP contribution in [-0.4, -0.2) is 54.4 Å². The van der Waals surface area contributed by atoms with Crippen LogP contribution in [0.1, 0.15) is 27.7 Å². The third-order valence-electron chi connectivity index (χ3n) is 3.03. The fourth-order valence-electron chi connectivity index (χ4n) is 1.97. The summed E-state index contributed by atoms with van der Waals surface area (Å²) < 4.78 is 11.7. The molecule has 8 heteroatoms. The van der Waals surface area contributed by atoms with E-state index < -0.39 is 5.60 Å². The Morgan fingerprint density at radius 2 is 2.17 bits per heavy atom. The number of ether oxygens (including phenoxy) is 2. The third kappa shape index (κ3) is 6.92. The molecule has 0 fully saturated rings. The molecule has 0 aromatic carbocycles. The molecule has 1 rings (SSSR count). The molecule has 3 N–H and O–H groups in total. The van der Waals surface area contributed by atoms with Crippen molar-refractivity contribution in [2.45, 2.75) is 39.4 Å². The Balaban J connectivity index is 2.65. The first-order valence-electron chi connectivity index (χ1n) is 7.83. The molecule has 1 aromatic rings. The van der Waals surface area contributed by atoms with Crippen LogP contribution in [0.3, 0.4) is 0 Å². The zero-order valence-corrected chi connectivity index (χ0v) is 16.5. The van der Waals surface area contributed by atoms with Crippen molar-refractivity contribution in [1.82, 2.24) is 9.88 Å². The topological polar surface area (TPSA) is 89.7 Å². The Labute approximate surface area is 152 Å². The Hall–Kier alpha value is -1.54. The van der Waals surface area contributed by atoms with Crippen LogP contribution in [0.25, 0.3) is 0 Å². The van der Waals surface area contributed by atoms with Crippen molar-refractivity contribution in [1.29, 1.82) is 0 Å². The lowest BCUT2D eigenvalue weighted by Gasteiger charge is -2.28. The summed E-state index contributed by atoms with van der Waals surface area (Å²) in [6.07, 6.45) is 1.04. The van der Waals surface area contributed by atoms with Crippen LogP contribution in [0.2, 0.25) is 0 Å². The predicted octanol–water partition coefficient (Wildman–Crippen LogP) is 3.11. The number of halogens is 1. The van der Waals surface area contributed by atoms with Crippen molar-refractivity contribution >= 4 is 33.4 Å². The van der Waals surface area contributed by atoms with E-state index in [0.717, 1.165) is 0 Å². The molecule has 0 aliphatic carbocycles. The summed E-state index contributed by atoms with van der Waals surface area (Å²) in [6, 6.07) is 1.72. The summed E-state index contributed by atoms with van der Waals surface area (Å²) >= 11 is 3.36. The molecule has 0 aliphatic rings. The molecule has 0 unspecified atom stereocenters. The molecule has 24 heavy (non-hydrogen) atoms. The molecule has 0 saturated carbocycles. The number of nitrogens with zero attached hydrogens (tertiary/aromatic N) is 2. The van der Waals surface area contributed by atoms with Gasteiger partial charge in [-0.25, -0.2) is 9.78 Å². The number of hydrogen-bond donors (Lipinski definition) is 2. The summed E-state index contributed by atoms with van der Waals surface area (Å²) in [5.74, 6) is 0. The molecule has 1 heterocycles. The highest BCUT2D eigenvalue weighted by molar-refractivity contribution is 9.10. The van der Waals surface area contributed by atoms with Gasteiger partial charge in [-0.05, 0) is 49.7 Å². The number of nitrogens with two attached hydrogens (primary N) is 1. The van der Waals surface area contributed by atoms with Crippen molar-refractivity contribution in [3.63, 3.8) is 0 Å². The fraction of sp³-hybridized carbons (Fsp3) is 0.625. The van der Waals surface area contributed by atoms with E-state index in [0.29, 0.717) is 35.7 Å². The number of likely N-dealkylation sites (N-methyl/N-ethyl adjacent to an activating group) is 1. The highest BCUT2D eigenvalue weighted by Crippen LogP contribution is 2.25. The zero-order chi connectivity index (χ0) is 18.3. The lowest BCUT2D eigenvalue weighted by molar-refractivity contribution is 0.00938. The largest absolute Gasteiger partial charge is 0.444 e. The lowest BCUT2D eigenvalue weighted by Crippen LogP contribution is -2.41. The van der Waals surface area contributed by atoms with E-state index in [9.17, 15) is 4.79 Å². The van der Waals surface area contributed by atoms with Crippen LogP contribution in [0.5, 0.6) is 0 Å². The molecular weight excluding hydrogens is 376 g/mol. The molecule has 1 amide bonds. The second kappa shape index (κ2) is 9.08. The van der Waals surface area contributed by atoms with E-state index in [1.54, 1.807) is 19.3 Å². The fourth-order valence-corrected chi connectivity index (χ4v) is 2.46. The van der Waals surface area contributed by atoms with E-state index in [-0.39, 0.29) is 12.2 Å². The Morgan fingerprint density at radius 3 is 2.71 bits per heavy atom. The van der Waals surface area contributed by atoms with E-state index in [4.69, 9.17) is 15.2 Å². The van der Waals surface area contributed by atoms with Crippen LogP contribution < -0.4 is 11.1 Å². The number of nitrogen functional groups attached to an aromatic ring is 1. The quantitative estimate of drug-likeness (QED) is 0.680. The smallest absolute Gasteiger partial charge is 0.410 e. The summed E-state index contributed by atoms with van der Waals surface area (Å²) in [4.78, 5) is 17.7. The number of hydrogen-bond acceptors (Lipinski definition) is 6. The minimum absolute atomic E-state index is 0.209. The van der Waals surface area contributed by atoms with Gasteiger partial charge in [0.2, 0.25) is 0 Å². The first kappa shape index (κ1) is 20.5. The molecule has 1 aromatic heterocycles. The summed E-state index contributed by atoms with van der Waals surface area (Å²) in [6.45, 7) is 8.84. The minimum atomic E-state index is -0.528. The summed E-state index contributed by atoms with van der Waals surface area (Å²) in [5, 5.41) is 3.22. The lowest BCUT2D eigenvalue weighted by atomic mass is 10.2. The SMILES string of the molecule is CCO[C@H](CNc1c(N)ccnc1Br)CN(C)C(=O)OC(C)(C)C. The van der Waals surface area contributed by atoms with Gasteiger partial charge >= 0.3 is 6.09 Å².